The van der Waals surface area contributed by atoms with E-state index >= 15 is 0 Å². The summed E-state index contributed by atoms with van der Waals surface area (Å²) in [5.41, 5.74) is 4.04. The Labute approximate surface area is 179 Å². The van der Waals surface area contributed by atoms with Gasteiger partial charge >= 0.3 is 0 Å². The summed E-state index contributed by atoms with van der Waals surface area (Å²) in [5.74, 6) is 0.515. The molecule has 0 aliphatic heterocycles. The fourth-order valence-electron chi connectivity index (χ4n) is 3.30. The van der Waals surface area contributed by atoms with Crippen molar-refractivity contribution in [2.75, 3.05) is 7.11 Å². The van der Waals surface area contributed by atoms with Gasteiger partial charge < -0.3 is 10.1 Å². The molecule has 0 fully saturated rings. The van der Waals surface area contributed by atoms with Crippen LogP contribution in [-0.4, -0.2) is 23.2 Å². The van der Waals surface area contributed by atoms with Crippen molar-refractivity contribution in [3.05, 3.63) is 107 Å². The number of H-pyrrole nitrogens is 1. The fourth-order valence-corrected chi connectivity index (χ4v) is 3.43. The van der Waals surface area contributed by atoms with E-state index in [0.717, 1.165) is 22.4 Å². The lowest BCUT2D eigenvalue weighted by Gasteiger charge is -2.20. The normalized spacial score (nSPS) is 11.7. The third-order valence-corrected chi connectivity index (χ3v) is 5.11. The molecule has 4 rings (SSSR count). The van der Waals surface area contributed by atoms with E-state index < -0.39 is 0 Å². The standard InChI is InChI=1S/C24H20ClN3O2/c1-30-20-13-9-18(10-14-20)24(29)27-22(16-5-3-2-4-6-16)21-15-26-28-23(21)17-7-11-19(25)12-8-17/h2-15,22H,1H3,(H,26,28)(H,27,29). The van der Waals surface area contributed by atoms with Gasteiger partial charge in [0.25, 0.3) is 5.91 Å². The van der Waals surface area contributed by atoms with Gasteiger partial charge in [-0.25, -0.2) is 0 Å². The summed E-state index contributed by atoms with van der Waals surface area (Å²) >= 11 is 6.04. The largest absolute Gasteiger partial charge is 0.497 e. The zero-order valence-corrected chi connectivity index (χ0v) is 17.1. The van der Waals surface area contributed by atoms with Crippen molar-refractivity contribution in [1.29, 1.82) is 0 Å². The molecule has 0 aliphatic carbocycles. The first-order chi connectivity index (χ1) is 14.7. The van der Waals surface area contributed by atoms with E-state index in [9.17, 15) is 4.79 Å². The van der Waals surface area contributed by atoms with Crippen LogP contribution in [0.4, 0.5) is 0 Å². The minimum atomic E-state index is -0.384. The van der Waals surface area contributed by atoms with Crippen molar-refractivity contribution in [2.45, 2.75) is 6.04 Å². The number of nitrogens with zero attached hydrogens (tertiary/aromatic N) is 1. The number of halogens is 1. The fraction of sp³-hybridized carbons (Fsp3) is 0.0833. The van der Waals surface area contributed by atoms with Crippen molar-refractivity contribution in [2.24, 2.45) is 0 Å². The molecule has 4 aromatic rings. The monoisotopic (exact) mass is 417 g/mol. The second-order valence-electron chi connectivity index (χ2n) is 6.74. The van der Waals surface area contributed by atoms with Gasteiger partial charge in [0.2, 0.25) is 0 Å². The van der Waals surface area contributed by atoms with Crippen LogP contribution >= 0.6 is 11.6 Å². The Bertz CT molecular complexity index is 1120. The Morgan fingerprint density at radius 2 is 1.70 bits per heavy atom. The molecule has 1 atom stereocenters. The Kier molecular flexibility index (Phi) is 5.82. The highest BCUT2D eigenvalue weighted by molar-refractivity contribution is 6.30. The van der Waals surface area contributed by atoms with Gasteiger partial charge in [-0.15, -0.1) is 0 Å². The first-order valence-electron chi connectivity index (χ1n) is 9.45. The molecule has 1 aromatic heterocycles. The van der Waals surface area contributed by atoms with Crippen LogP contribution in [0.5, 0.6) is 5.75 Å². The molecular weight excluding hydrogens is 398 g/mol. The molecule has 3 aromatic carbocycles. The van der Waals surface area contributed by atoms with Gasteiger partial charge in [0.05, 0.1) is 18.8 Å². The van der Waals surface area contributed by atoms with Crippen molar-refractivity contribution < 1.29 is 9.53 Å². The Balaban J connectivity index is 1.70. The number of aromatic nitrogens is 2. The number of carbonyl (C=O) groups excluding carboxylic acids is 1. The van der Waals surface area contributed by atoms with Crippen LogP contribution < -0.4 is 10.1 Å². The zero-order valence-electron chi connectivity index (χ0n) is 16.3. The van der Waals surface area contributed by atoms with Crippen molar-refractivity contribution in [3.63, 3.8) is 0 Å². The molecule has 150 valence electrons. The lowest BCUT2D eigenvalue weighted by Crippen LogP contribution is -2.29. The Hall–Kier alpha value is -3.57. The maximum Gasteiger partial charge on any atom is 0.252 e. The Morgan fingerprint density at radius 1 is 1.00 bits per heavy atom. The number of hydrogen-bond acceptors (Lipinski definition) is 3. The third kappa shape index (κ3) is 4.21. The van der Waals surface area contributed by atoms with Crippen LogP contribution in [0.2, 0.25) is 5.02 Å². The average molecular weight is 418 g/mol. The Morgan fingerprint density at radius 3 is 2.37 bits per heavy atom. The number of benzene rings is 3. The topological polar surface area (TPSA) is 67.0 Å². The molecule has 0 bridgehead atoms. The van der Waals surface area contributed by atoms with Gasteiger partial charge in [-0.2, -0.15) is 5.10 Å². The summed E-state index contributed by atoms with van der Waals surface area (Å²) in [4.78, 5) is 13.0. The molecule has 0 radical (unpaired) electrons. The zero-order chi connectivity index (χ0) is 20.9. The van der Waals surface area contributed by atoms with E-state index in [0.29, 0.717) is 16.3 Å². The molecule has 0 aliphatic rings. The summed E-state index contributed by atoms with van der Waals surface area (Å²) in [6.45, 7) is 0. The third-order valence-electron chi connectivity index (χ3n) is 4.86. The van der Waals surface area contributed by atoms with E-state index in [2.05, 4.69) is 15.5 Å². The smallest absolute Gasteiger partial charge is 0.252 e. The summed E-state index contributed by atoms with van der Waals surface area (Å²) < 4.78 is 5.18. The van der Waals surface area contributed by atoms with Crippen LogP contribution in [0.25, 0.3) is 11.3 Å². The van der Waals surface area contributed by atoms with Crippen molar-refractivity contribution >= 4 is 17.5 Å². The minimum Gasteiger partial charge on any atom is -0.497 e. The highest BCUT2D eigenvalue weighted by Crippen LogP contribution is 2.31. The first kappa shape index (κ1) is 19.7. The van der Waals surface area contributed by atoms with Crippen LogP contribution in [-0.2, 0) is 0 Å². The van der Waals surface area contributed by atoms with E-state index in [1.165, 1.54) is 0 Å². The number of rotatable bonds is 6. The number of methoxy groups -OCH3 is 1. The molecule has 2 N–H and O–H groups in total. The van der Waals surface area contributed by atoms with Gasteiger partial charge in [0, 0.05) is 27.9 Å². The number of ether oxygens (including phenoxy) is 1. The molecule has 0 saturated heterocycles. The molecule has 0 saturated carbocycles. The highest BCUT2D eigenvalue weighted by Gasteiger charge is 2.23. The van der Waals surface area contributed by atoms with Crippen LogP contribution in [0.1, 0.15) is 27.5 Å². The molecule has 30 heavy (non-hydrogen) atoms. The first-order valence-corrected chi connectivity index (χ1v) is 9.83. The summed E-state index contributed by atoms with van der Waals surface area (Å²) in [6.07, 6.45) is 1.82. The number of hydrogen-bond donors (Lipinski definition) is 2. The van der Waals surface area contributed by atoms with Gasteiger partial charge in [-0.3, -0.25) is 9.89 Å². The SMILES string of the molecule is COc1ccc(C(=O)NC(c2ccccc2)c2c[nH]nc2-c2ccc(Cl)cc2)cc1. The summed E-state index contributed by atoms with van der Waals surface area (Å²) in [7, 11) is 1.59. The van der Waals surface area contributed by atoms with Gasteiger partial charge in [-0.05, 0) is 42.0 Å². The molecule has 1 heterocycles. The average Bonchev–Trinajstić information content (AvgIpc) is 3.28. The second-order valence-corrected chi connectivity index (χ2v) is 7.18. The van der Waals surface area contributed by atoms with Gasteiger partial charge in [0.15, 0.2) is 0 Å². The molecule has 1 unspecified atom stereocenters. The van der Waals surface area contributed by atoms with E-state index in [4.69, 9.17) is 16.3 Å². The number of nitrogens with one attached hydrogen (secondary N) is 2. The number of amides is 1. The maximum absolute atomic E-state index is 13.0. The van der Waals surface area contributed by atoms with Gasteiger partial charge in [0.1, 0.15) is 5.75 Å². The predicted octanol–water partition coefficient (Wildman–Crippen LogP) is 5.26. The molecule has 5 nitrogen and oxygen atoms in total. The highest BCUT2D eigenvalue weighted by atomic mass is 35.5. The predicted molar refractivity (Wildman–Crippen MR) is 118 cm³/mol. The second kappa shape index (κ2) is 8.84. The van der Waals surface area contributed by atoms with Gasteiger partial charge in [-0.1, -0.05) is 54.1 Å². The van der Waals surface area contributed by atoms with E-state index in [1.807, 2.05) is 60.8 Å². The minimum absolute atomic E-state index is 0.185. The molecular formula is C24H20ClN3O2. The lowest BCUT2D eigenvalue weighted by atomic mass is 9.96. The molecule has 6 heteroatoms. The van der Waals surface area contributed by atoms with E-state index in [1.54, 1.807) is 31.4 Å². The number of aromatic amines is 1. The van der Waals surface area contributed by atoms with Crippen molar-refractivity contribution in [1.82, 2.24) is 15.5 Å². The summed E-state index contributed by atoms with van der Waals surface area (Å²) in [6, 6.07) is 23.9. The van der Waals surface area contributed by atoms with Crippen molar-refractivity contribution in [3.8, 4) is 17.0 Å². The van der Waals surface area contributed by atoms with E-state index in [-0.39, 0.29) is 11.9 Å². The van der Waals surface area contributed by atoms with Crippen LogP contribution in [0, 0.1) is 0 Å². The number of carbonyl (C=O) groups is 1. The van der Waals surface area contributed by atoms with Crippen LogP contribution in [0.15, 0.2) is 85.1 Å². The summed E-state index contributed by atoms with van der Waals surface area (Å²) in [5, 5.41) is 11.2. The lowest BCUT2D eigenvalue weighted by molar-refractivity contribution is 0.0943. The van der Waals surface area contributed by atoms with Crippen LogP contribution in [0.3, 0.4) is 0 Å². The molecule has 0 spiro atoms. The molecule has 1 amide bonds. The maximum atomic E-state index is 13.0. The quantitative estimate of drug-likeness (QED) is 0.449.